The van der Waals surface area contributed by atoms with Gasteiger partial charge in [-0.1, -0.05) is 6.07 Å². The number of nitriles is 1. The summed E-state index contributed by atoms with van der Waals surface area (Å²) in [4.78, 5) is 0. The molecule has 0 fully saturated rings. The molecule has 1 rings (SSSR count). The summed E-state index contributed by atoms with van der Waals surface area (Å²) in [7, 11) is 1.30. The zero-order valence-electron chi connectivity index (χ0n) is 7.91. The Bertz CT molecular complexity index is 384. The molecule has 1 unspecified atom stereocenters. The van der Waals surface area contributed by atoms with Crippen LogP contribution in [-0.2, 0) is 0 Å². The highest BCUT2D eigenvalue weighted by molar-refractivity contribution is 5.45. The van der Waals surface area contributed by atoms with E-state index in [1.54, 1.807) is 6.92 Å². The molecule has 14 heavy (non-hydrogen) atoms. The highest BCUT2D eigenvalue weighted by Crippen LogP contribution is 2.33. The van der Waals surface area contributed by atoms with Gasteiger partial charge in [0.05, 0.1) is 19.1 Å². The number of methoxy groups -OCH3 is 1. The van der Waals surface area contributed by atoms with E-state index in [2.05, 4.69) is 0 Å². The van der Waals surface area contributed by atoms with Crippen molar-refractivity contribution in [1.82, 2.24) is 0 Å². The number of nitrogens with zero attached hydrogens (tertiary/aromatic N) is 1. The normalized spacial score (nSPS) is 11.9. The Morgan fingerprint density at radius 3 is 2.71 bits per heavy atom. The van der Waals surface area contributed by atoms with Gasteiger partial charge in [-0.15, -0.1) is 0 Å². The van der Waals surface area contributed by atoms with Crippen LogP contribution in [0.5, 0.6) is 11.5 Å². The lowest BCUT2D eigenvalue weighted by Gasteiger charge is -2.11. The summed E-state index contributed by atoms with van der Waals surface area (Å²) in [5, 5.41) is 17.8. The molecular formula is C10H10FNO2. The van der Waals surface area contributed by atoms with Gasteiger partial charge in [-0.2, -0.15) is 9.65 Å². The van der Waals surface area contributed by atoms with E-state index in [9.17, 15) is 4.39 Å². The fourth-order valence-corrected chi connectivity index (χ4v) is 1.18. The predicted octanol–water partition coefficient (Wildman–Crippen LogP) is 2.17. The van der Waals surface area contributed by atoms with E-state index in [1.807, 2.05) is 6.07 Å². The highest BCUT2D eigenvalue weighted by Gasteiger charge is 2.17. The van der Waals surface area contributed by atoms with Crippen LogP contribution in [0.4, 0.5) is 4.39 Å². The molecule has 1 aromatic rings. The molecular weight excluding hydrogens is 185 g/mol. The molecule has 0 spiro atoms. The van der Waals surface area contributed by atoms with Crippen molar-refractivity contribution in [3.05, 3.63) is 23.5 Å². The summed E-state index contributed by atoms with van der Waals surface area (Å²) in [6.45, 7) is 1.63. The second kappa shape index (κ2) is 3.97. The molecule has 0 heterocycles. The average Bonchev–Trinajstić information content (AvgIpc) is 2.20. The van der Waals surface area contributed by atoms with Gasteiger partial charge in [0.2, 0.25) is 5.82 Å². The van der Waals surface area contributed by atoms with E-state index in [4.69, 9.17) is 15.1 Å². The van der Waals surface area contributed by atoms with Crippen LogP contribution in [0.3, 0.4) is 0 Å². The van der Waals surface area contributed by atoms with E-state index in [0.717, 1.165) is 0 Å². The molecule has 0 aromatic heterocycles. The maximum absolute atomic E-state index is 13.3. The number of rotatable bonds is 2. The van der Waals surface area contributed by atoms with Crippen LogP contribution >= 0.6 is 0 Å². The first kappa shape index (κ1) is 10.3. The molecule has 1 N–H and O–H groups in total. The molecule has 0 saturated carbocycles. The Labute approximate surface area is 81.4 Å². The van der Waals surface area contributed by atoms with Crippen molar-refractivity contribution in [2.45, 2.75) is 12.8 Å². The first-order valence-corrected chi connectivity index (χ1v) is 4.06. The first-order chi connectivity index (χ1) is 6.61. The summed E-state index contributed by atoms with van der Waals surface area (Å²) in [5.74, 6) is -1.85. The van der Waals surface area contributed by atoms with Crippen LogP contribution < -0.4 is 4.74 Å². The smallest absolute Gasteiger partial charge is 0.206 e. The third-order valence-corrected chi connectivity index (χ3v) is 1.97. The number of hydrogen-bond acceptors (Lipinski definition) is 3. The minimum Gasteiger partial charge on any atom is -0.505 e. The van der Waals surface area contributed by atoms with Crippen molar-refractivity contribution < 1.29 is 14.2 Å². The zero-order chi connectivity index (χ0) is 10.7. The summed E-state index contributed by atoms with van der Waals surface area (Å²) >= 11 is 0. The van der Waals surface area contributed by atoms with Gasteiger partial charge in [-0.25, -0.2) is 0 Å². The molecule has 3 nitrogen and oxygen atoms in total. The van der Waals surface area contributed by atoms with Crippen molar-refractivity contribution >= 4 is 0 Å². The maximum Gasteiger partial charge on any atom is 0.206 e. The second-order valence-electron chi connectivity index (χ2n) is 2.87. The monoisotopic (exact) mass is 195 g/mol. The minimum atomic E-state index is -0.827. The molecule has 0 aliphatic carbocycles. The van der Waals surface area contributed by atoms with E-state index in [0.29, 0.717) is 5.56 Å². The van der Waals surface area contributed by atoms with Gasteiger partial charge < -0.3 is 9.84 Å². The predicted molar refractivity (Wildman–Crippen MR) is 48.6 cm³/mol. The fraction of sp³-hybridized carbons (Fsp3) is 0.300. The molecule has 1 atom stereocenters. The third-order valence-electron chi connectivity index (χ3n) is 1.97. The van der Waals surface area contributed by atoms with E-state index in [-0.39, 0.29) is 5.75 Å². The Morgan fingerprint density at radius 1 is 1.57 bits per heavy atom. The highest BCUT2D eigenvalue weighted by atomic mass is 19.1. The van der Waals surface area contributed by atoms with Gasteiger partial charge in [-0.3, -0.25) is 0 Å². The number of phenols is 1. The van der Waals surface area contributed by atoms with Crippen molar-refractivity contribution in [2.75, 3.05) is 7.11 Å². The van der Waals surface area contributed by atoms with Crippen molar-refractivity contribution in [2.24, 2.45) is 0 Å². The lowest BCUT2D eigenvalue weighted by molar-refractivity contribution is 0.359. The lowest BCUT2D eigenvalue weighted by Crippen LogP contribution is -1.98. The van der Waals surface area contributed by atoms with E-state index in [1.165, 1.54) is 19.2 Å². The minimum absolute atomic E-state index is 0.0703. The standard InChI is InChI=1S/C10H10FNO2/c1-6(5-12)7-3-4-8(13)9(11)10(7)14-2/h3-4,6,13H,1-2H3. The van der Waals surface area contributed by atoms with Crippen LogP contribution in [0.1, 0.15) is 18.4 Å². The summed E-state index contributed by atoms with van der Waals surface area (Å²) < 4.78 is 18.1. The average molecular weight is 195 g/mol. The van der Waals surface area contributed by atoms with Crippen LogP contribution in [0.2, 0.25) is 0 Å². The van der Waals surface area contributed by atoms with Gasteiger partial charge >= 0.3 is 0 Å². The fourth-order valence-electron chi connectivity index (χ4n) is 1.18. The Balaban J connectivity index is 3.32. The molecule has 4 heteroatoms. The number of aromatic hydroxyl groups is 1. The summed E-state index contributed by atoms with van der Waals surface area (Å²) in [5.41, 5.74) is 0.435. The van der Waals surface area contributed by atoms with Crippen molar-refractivity contribution in [3.8, 4) is 17.6 Å². The third kappa shape index (κ3) is 1.62. The molecule has 0 aliphatic rings. The van der Waals surface area contributed by atoms with Crippen molar-refractivity contribution in [3.63, 3.8) is 0 Å². The summed E-state index contributed by atoms with van der Waals surface area (Å²) in [6.07, 6.45) is 0. The Hall–Kier alpha value is -1.76. The largest absolute Gasteiger partial charge is 0.505 e. The molecule has 1 aromatic carbocycles. The molecule has 0 radical (unpaired) electrons. The molecule has 74 valence electrons. The molecule has 0 saturated heterocycles. The summed E-state index contributed by atoms with van der Waals surface area (Å²) in [6, 6.07) is 4.66. The zero-order valence-corrected chi connectivity index (χ0v) is 7.91. The van der Waals surface area contributed by atoms with Crippen LogP contribution in [0.25, 0.3) is 0 Å². The Kier molecular flexibility index (Phi) is 2.92. The number of halogens is 1. The molecule has 0 amide bonds. The molecule has 0 bridgehead atoms. The number of phenolic OH excluding ortho intramolecular Hbond substituents is 1. The number of benzene rings is 1. The van der Waals surface area contributed by atoms with Gasteiger partial charge in [0.15, 0.2) is 11.5 Å². The van der Waals surface area contributed by atoms with Crippen LogP contribution in [0.15, 0.2) is 12.1 Å². The van der Waals surface area contributed by atoms with Crippen molar-refractivity contribution in [1.29, 1.82) is 5.26 Å². The quantitative estimate of drug-likeness (QED) is 0.786. The maximum atomic E-state index is 13.3. The second-order valence-corrected chi connectivity index (χ2v) is 2.87. The number of ether oxygens (including phenoxy) is 1. The van der Waals surface area contributed by atoms with Gasteiger partial charge in [0, 0.05) is 5.56 Å². The van der Waals surface area contributed by atoms with Crippen LogP contribution in [-0.4, -0.2) is 12.2 Å². The van der Waals surface area contributed by atoms with E-state index >= 15 is 0 Å². The topological polar surface area (TPSA) is 53.2 Å². The Morgan fingerprint density at radius 2 is 2.21 bits per heavy atom. The molecule has 0 aliphatic heterocycles. The first-order valence-electron chi connectivity index (χ1n) is 4.06. The van der Waals surface area contributed by atoms with Gasteiger partial charge in [0.25, 0.3) is 0 Å². The lowest BCUT2D eigenvalue weighted by atomic mass is 10.0. The van der Waals surface area contributed by atoms with Gasteiger partial charge in [0.1, 0.15) is 0 Å². The van der Waals surface area contributed by atoms with E-state index < -0.39 is 17.5 Å². The van der Waals surface area contributed by atoms with Crippen LogP contribution in [0, 0.1) is 17.1 Å². The van der Waals surface area contributed by atoms with Gasteiger partial charge in [-0.05, 0) is 13.0 Å². The number of hydrogen-bond donors (Lipinski definition) is 1. The SMILES string of the molecule is COc1c(C(C)C#N)ccc(O)c1F.